The van der Waals surface area contributed by atoms with Crippen LogP contribution in [0.3, 0.4) is 0 Å². The first-order chi connectivity index (χ1) is 22.0. The van der Waals surface area contributed by atoms with Crippen molar-refractivity contribution in [1.82, 2.24) is 9.66 Å². The molecule has 46 heavy (non-hydrogen) atoms. The van der Waals surface area contributed by atoms with Crippen LogP contribution in [0, 0.1) is 10.1 Å². The Morgan fingerprint density at radius 2 is 1.76 bits per heavy atom. The predicted octanol–water partition coefficient (Wildman–Crippen LogP) is 6.29. The summed E-state index contributed by atoms with van der Waals surface area (Å²) < 4.78 is 52.4. The SMILES string of the molecule is CCOc1cc(C=Nn2c(-c3cccc(C(F)(F)F)c3)nc3ccccc3c2=O)cc([N+](=O)[O-])c1OCC(=O)Nc1ccccc1. The number of nitro groups is 1. The van der Waals surface area contributed by atoms with E-state index in [2.05, 4.69) is 15.4 Å². The van der Waals surface area contributed by atoms with Gasteiger partial charge in [-0.15, -0.1) is 0 Å². The van der Waals surface area contributed by atoms with Crippen LogP contribution in [0.2, 0.25) is 0 Å². The molecule has 11 nitrogen and oxygen atoms in total. The van der Waals surface area contributed by atoms with Crippen LogP contribution in [0.25, 0.3) is 22.3 Å². The molecule has 1 N–H and O–H groups in total. The molecular formula is C32H24F3N5O6. The number of carbonyl (C=O) groups excluding carboxylic acids is 1. The van der Waals surface area contributed by atoms with E-state index < -0.39 is 40.4 Å². The highest BCUT2D eigenvalue weighted by molar-refractivity contribution is 5.92. The summed E-state index contributed by atoms with van der Waals surface area (Å²) in [6.07, 6.45) is -3.54. The molecule has 4 aromatic carbocycles. The van der Waals surface area contributed by atoms with E-state index in [1.807, 2.05) is 0 Å². The van der Waals surface area contributed by atoms with Crippen molar-refractivity contribution in [3.63, 3.8) is 0 Å². The van der Waals surface area contributed by atoms with Crippen LogP contribution in [-0.2, 0) is 11.0 Å². The number of rotatable bonds is 10. The van der Waals surface area contributed by atoms with Crippen LogP contribution in [0.1, 0.15) is 18.1 Å². The standard InChI is InChI=1S/C32H24F3N5O6/c1-2-45-27-16-20(15-26(40(43)44)29(27)46-19-28(41)37-23-11-4-3-5-12-23)18-36-39-30(21-9-8-10-22(17-21)32(33,34)35)38-25-14-7-6-13-24(25)31(39)42/h3-18H,2,19H2,1H3,(H,37,41). The van der Waals surface area contributed by atoms with Crippen molar-refractivity contribution in [2.24, 2.45) is 5.10 Å². The molecule has 1 amide bonds. The highest BCUT2D eigenvalue weighted by atomic mass is 19.4. The van der Waals surface area contributed by atoms with Gasteiger partial charge >= 0.3 is 11.9 Å². The number of para-hydroxylation sites is 2. The van der Waals surface area contributed by atoms with Gasteiger partial charge in [-0.1, -0.05) is 42.5 Å². The Labute approximate surface area is 258 Å². The highest BCUT2D eigenvalue weighted by Gasteiger charge is 2.31. The summed E-state index contributed by atoms with van der Waals surface area (Å²) in [6, 6.07) is 21.5. The molecule has 0 aliphatic heterocycles. The maximum absolute atomic E-state index is 13.5. The zero-order valence-electron chi connectivity index (χ0n) is 24.0. The van der Waals surface area contributed by atoms with Crippen LogP contribution < -0.4 is 20.3 Å². The number of nitrogens with one attached hydrogen (secondary N) is 1. The van der Waals surface area contributed by atoms with Crippen LogP contribution in [0.15, 0.2) is 101 Å². The van der Waals surface area contributed by atoms with Gasteiger partial charge in [0.05, 0.1) is 34.2 Å². The lowest BCUT2D eigenvalue weighted by molar-refractivity contribution is -0.385. The van der Waals surface area contributed by atoms with Crippen LogP contribution in [-0.4, -0.2) is 39.9 Å². The molecule has 0 radical (unpaired) electrons. The number of nitro benzene ring substituents is 1. The lowest BCUT2D eigenvalue weighted by atomic mass is 10.1. The number of hydrogen-bond acceptors (Lipinski definition) is 8. The van der Waals surface area contributed by atoms with Gasteiger partial charge in [-0.3, -0.25) is 19.7 Å². The number of benzene rings is 4. The zero-order chi connectivity index (χ0) is 32.8. The number of anilines is 1. The van der Waals surface area contributed by atoms with Gasteiger partial charge < -0.3 is 14.8 Å². The molecule has 0 saturated carbocycles. The number of nitrogens with zero attached hydrogens (tertiary/aromatic N) is 4. The van der Waals surface area contributed by atoms with E-state index in [9.17, 15) is 32.9 Å². The van der Waals surface area contributed by atoms with Crippen LogP contribution >= 0.6 is 0 Å². The molecule has 0 bridgehead atoms. The van der Waals surface area contributed by atoms with Gasteiger partial charge in [-0.05, 0) is 49.4 Å². The molecule has 1 aromatic heterocycles. The highest BCUT2D eigenvalue weighted by Crippen LogP contribution is 2.38. The monoisotopic (exact) mass is 631 g/mol. The third-order valence-electron chi connectivity index (χ3n) is 6.48. The largest absolute Gasteiger partial charge is 0.490 e. The summed E-state index contributed by atoms with van der Waals surface area (Å²) in [5.74, 6) is -1.14. The molecule has 0 spiro atoms. The molecule has 1 heterocycles. The normalized spacial score (nSPS) is 11.5. The molecule has 234 valence electrons. The Balaban J connectivity index is 1.55. The molecule has 0 saturated heterocycles. The first kappa shape index (κ1) is 31.4. The van der Waals surface area contributed by atoms with Crippen molar-refractivity contribution in [3.8, 4) is 22.9 Å². The fourth-order valence-corrected chi connectivity index (χ4v) is 4.46. The van der Waals surface area contributed by atoms with Gasteiger partial charge in [0.2, 0.25) is 5.75 Å². The summed E-state index contributed by atoms with van der Waals surface area (Å²) in [4.78, 5) is 41.7. The number of aromatic nitrogens is 2. The molecule has 0 fully saturated rings. The quantitative estimate of drug-likeness (QED) is 0.109. The molecule has 0 atom stereocenters. The molecule has 5 rings (SSSR count). The van der Waals surface area contributed by atoms with Gasteiger partial charge in [-0.2, -0.15) is 22.9 Å². The number of alkyl halides is 3. The summed E-state index contributed by atoms with van der Waals surface area (Å²) in [6.45, 7) is 1.15. The van der Waals surface area contributed by atoms with E-state index in [-0.39, 0.29) is 46.0 Å². The third-order valence-corrected chi connectivity index (χ3v) is 6.48. The summed E-state index contributed by atoms with van der Waals surface area (Å²) in [7, 11) is 0. The minimum absolute atomic E-state index is 0.0339. The summed E-state index contributed by atoms with van der Waals surface area (Å²) >= 11 is 0. The summed E-state index contributed by atoms with van der Waals surface area (Å²) in [5.41, 5.74) is -1.39. The van der Waals surface area contributed by atoms with Crippen LogP contribution in [0.5, 0.6) is 11.5 Å². The van der Waals surface area contributed by atoms with Crippen molar-refractivity contribution < 1.29 is 32.4 Å². The fourth-order valence-electron chi connectivity index (χ4n) is 4.46. The number of hydrogen-bond donors (Lipinski definition) is 1. The van der Waals surface area contributed by atoms with Crippen molar-refractivity contribution in [2.75, 3.05) is 18.5 Å². The maximum Gasteiger partial charge on any atom is 0.416 e. The number of fused-ring (bicyclic) bond motifs is 1. The summed E-state index contributed by atoms with van der Waals surface area (Å²) in [5, 5.41) is 19.0. The lowest BCUT2D eigenvalue weighted by Gasteiger charge is -2.14. The number of carbonyl (C=O) groups is 1. The molecule has 5 aromatic rings. The lowest BCUT2D eigenvalue weighted by Crippen LogP contribution is -2.21. The van der Waals surface area contributed by atoms with Gasteiger partial charge in [0.15, 0.2) is 18.2 Å². The average molecular weight is 632 g/mol. The van der Waals surface area contributed by atoms with Crippen molar-refractivity contribution >= 4 is 34.4 Å². The Hall–Kier alpha value is -6.05. The number of ether oxygens (including phenoxy) is 2. The second-order valence-corrected chi connectivity index (χ2v) is 9.65. The van der Waals surface area contributed by atoms with Gasteiger partial charge in [0.1, 0.15) is 0 Å². The smallest absolute Gasteiger partial charge is 0.416 e. The molecule has 0 aliphatic rings. The molecular weight excluding hydrogens is 607 g/mol. The first-order valence-electron chi connectivity index (χ1n) is 13.7. The predicted molar refractivity (Wildman–Crippen MR) is 164 cm³/mol. The number of amides is 1. The van der Waals surface area contributed by atoms with Crippen molar-refractivity contribution in [3.05, 3.63) is 123 Å². The third kappa shape index (κ3) is 7.01. The fraction of sp³-hybridized carbons (Fsp3) is 0.125. The first-order valence-corrected chi connectivity index (χ1v) is 13.7. The number of halogens is 3. The molecule has 0 aliphatic carbocycles. The second-order valence-electron chi connectivity index (χ2n) is 9.65. The van der Waals surface area contributed by atoms with Crippen LogP contribution in [0.4, 0.5) is 24.5 Å². The van der Waals surface area contributed by atoms with Crippen molar-refractivity contribution in [1.29, 1.82) is 0 Å². The second kappa shape index (κ2) is 13.3. The minimum atomic E-state index is -4.65. The Bertz CT molecular complexity index is 2010. The van der Waals surface area contributed by atoms with E-state index in [1.165, 1.54) is 24.3 Å². The average Bonchev–Trinajstić information content (AvgIpc) is 3.03. The molecule has 14 heteroatoms. The van der Waals surface area contributed by atoms with Gasteiger partial charge in [-0.25, -0.2) is 4.98 Å². The van der Waals surface area contributed by atoms with E-state index >= 15 is 0 Å². The van der Waals surface area contributed by atoms with E-state index in [1.54, 1.807) is 55.5 Å². The molecule has 0 unspecified atom stereocenters. The van der Waals surface area contributed by atoms with Gasteiger partial charge in [0.25, 0.3) is 11.5 Å². The Morgan fingerprint density at radius 3 is 2.48 bits per heavy atom. The zero-order valence-corrected chi connectivity index (χ0v) is 24.0. The van der Waals surface area contributed by atoms with E-state index in [0.29, 0.717) is 5.69 Å². The van der Waals surface area contributed by atoms with E-state index in [4.69, 9.17) is 9.47 Å². The van der Waals surface area contributed by atoms with E-state index in [0.717, 1.165) is 29.1 Å². The topological polar surface area (TPSA) is 138 Å². The Kier molecular flexibility index (Phi) is 9.07. The van der Waals surface area contributed by atoms with Gasteiger partial charge in [0, 0.05) is 22.9 Å². The maximum atomic E-state index is 13.5. The minimum Gasteiger partial charge on any atom is -0.490 e. The van der Waals surface area contributed by atoms with Crippen molar-refractivity contribution in [2.45, 2.75) is 13.1 Å². The Morgan fingerprint density at radius 1 is 1.02 bits per heavy atom.